The summed E-state index contributed by atoms with van der Waals surface area (Å²) in [5.74, 6) is 0. The number of hydrogen-bond acceptors (Lipinski definition) is 4. The fourth-order valence-electron chi connectivity index (χ4n) is 2.45. The highest BCUT2D eigenvalue weighted by Crippen LogP contribution is 2.22. The minimum absolute atomic E-state index is 0.235. The van der Waals surface area contributed by atoms with Crippen molar-refractivity contribution in [2.45, 2.75) is 49.6 Å². The molecule has 0 aliphatic heterocycles. The number of carbonyl (C=O) groups excluding carboxylic acids is 1. The maximum atomic E-state index is 12.3. The maximum absolute atomic E-state index is 12.3. The Hall–Kier alpha value is -1.40. The van der Waals surface area contributed by atoms with Crippen molar-refractivity contribution in [1.82, 2.24) is 4.72 Å². The van der Waals surface area contributed by atoms with Gasteiger partial charge in [0.2, 0.25) is 10.0 Å². The lowest BCUT2D eigenvalue weighted by Gasteiger charge is -2.30. The van der Waals surface area contributed by atoms with E-state index >= 15 is 0 Å². The van der Waals surface area contributed by atoms with Gasteiger partial charge >= 0.3 is 0 Å². The van der Waals surface area contributed by atoms with E-state index in [1.165, 1.54) is 0 Å². The van der Waals surface area contributed by atoms with E-state index in [-0.39, 0.29) is 17.0 Å². The molecule has 6 heteroatoms. The van der Waals surface area contributed by atoms with Crippen LogP contribution in [0.4, 0.5) is 0 Å². The molecule has 0 heterocycles. The fraction of sp³-hybridized carbons (Fsp3) is 0.500. The minimum Gasteiger partial charge on any atom is -0.463 e. The zero-order valence-corrected chi connectivity index (χ0v) is 12.2. The third kappa shape index (κ3) is 3.58. The molecule has 0 unspecified atom stereocenters. The monoisotopic (exact) mass is 297 g/mol. The van der Waals surface area contributed by atoms with Crippen molar-refractivity contribution < 1.29 is 17.9 Å². The smallest absolute Gasteiger partial charge is 0.293 e. The van der Waals surface area contributed by atoms with Crippen molar-refractivity contribution in [2.24, 2.45) is 0 Å². The van der Waals surface area contributed by atoms with Crippen molar-refractivity contribution in [2.75, 3.05) is 0 Å². The molecule has 5 nitrogen and oxygen atoms in total. The van der Waals surface area contributed by atoms with Crippen molar-refractivity contribution in [1.29, 1.82) is 0 Å². The van der Waals surface area contributed by atoms with Crippen LogP contribution in [0.25, 0.3) is 0 Å². The van der Waals surface area contributed by atoms with Crippen LogP contribution >= 0.6 is 0 Å². The molecule has 2 rings (SSSR count). The average molecular weight is 297 g/mol. The number of hydrogen-bond donors (Lipinski definition) is 1. The van der Waals surface area contributed by atoms with E-state index in [0.29, 0.717) is 19.3 Å². The van der Waals surface area contributed by atoms with Crippen LogP contribution in [0.2, 0.25) is 0 Å². The molecule has 0 amide bonds. The average Bonchev–Trinajstić information content (AvgIpc) is 2.41. The molecule has 1 aliphatic rings. The number of sulfonamides is 1. The topological polar surface area (TPSA) is 72.5 Å². The van der Waals surface area contributed by atoms with Gasteiger partial charge in [0.25, 0.3) is 6.47 Å². The van der Waals surface area contributed by atoms with Gasteiger partial charge in [0, 0.05) is 0 Å². The van der Waals surface area contributed by atoms with E-state index in [4.69, 9.17) is 4.74 Å². The van der Waals surface area contributed by atoms with E-state index in [0.717, 1.165) is 18.4 Å². The van der Waals surface area contributed by atoms with Crippen molar-refractivity contribution in [3.63, 3.8) is 0 Å². The Labute approximate surface area is 119 Å². The van der Waals surface area contributed by atoms with Crippen LogP contribution in [0.15, 0.2) is 29.2 Å². The van der Waals surface area contributed by atoms with E-state index in [1.807, 2.05) is 6.92 Å². The molecular weight excluding hydrogens is 278 g/mol. The Morgan fingerprint density at radius 2 is 1.85 bits per heavy atom. The largest absolute Gasteiger partial charge is 0.463 e. The predicted octanol–water partition coefficient (Wildman–Crippen LogP) is 1.76. The van der Waals surface area contributed by atoms with E-state index in [9.17, 15) is 13.2 Å². The molecule has 1 aromatic carbocycles. The molecule has 1 aliphatic carbocycles. The molecule has 20 heavy (non-hydrogen) atoms. The van der Waals surface area contributed by atoms with Crippen LogP contribution in [0.5, 0.6) is 0 Å². The Morgan fingerprint density at radius 3 is 2.50 bits per heavy atom. The van der Waals surface area contributed by atoms with Crippen molar-refractivity contribution in [3.05, 3.63) is 29.8 Å². The minimum atomic E-state index is -3.57. The van der Waals surface area contributed by atoms with Gasteiger partial charge in [-0.05, 0) is 38.3 Å². The van der Waals surface area contributed by atoms with Gasteiger partial charge in [-0.1, -0.05) is 24.1 Å². The maximum Gasteiger partial charge on any atom is 0.293 e. The molecule has 1 fully saturated rings. The van der Waals surface area contributed by atoms with E-state index in [2.05, 4.69) is 4.72 Å². The van der Waals surface area contributed by atoms with Gasteiger partial charge in [-0.2, -0.15) is 0 Å². The summed E-state index contributed by atoms with van der Waals surface area (Å²) in [6, 6.07) is 6.33. The lowest BCUT2D eigenvalue weighted by molar-refractivity contribution is -0.136. The number of benzene rings is 1. The molecule has 110 valence electrons. The van der Waals surface area contributed by atoms with Gasteiger partial charge in [0.05, 0.1) is 10.9 Å². The standard InChI is InChI=1S/C14H19NO4S/c1-11-6-8-12(9-7-11)20(17,18)15-13-4-2-3-5-14(13)19-10-16/h6-10,13-15H,2-5H2,1H3/t13-,14-/m1/s1. The quantitative estimate of drug-likeness (QED) is 0.841. The molecule has 0 saturated heterocycles. The van der Waals surface area contributed by atoms with Crippen LogP contribution in [-0.2, 0) is 19.6 Å². The summed E-state index contributed by atoms with van der Waals surface area (Å²) in [4.78, 5) is 10.7. The highest BCUT2D eigenvalue weighted by atomic mass is 32.2. The number of nitrogens with one attached hydrogen (secondary N) is 1. The number of aryl methyl sites for hydroxylation is 1. The lowest BCUT2D eigenvalue weighted by Crippen LogP contribution is -2.46. The summed E-state index contributed by atoms with van der Waals surface area (Å²) in [5, 5.41) is 0. The fourth-order valence-corrected chi connectivity index (χ4v) is 3.75. The summed E-state index contributed by atoms with van der Waals surface area (Å²) >= 11 is 0. The normalized spacial score (nSPS) is 23.2. The van der Waals surface area contributed by atoms with Crippen LogP contribution in [0, 0.1) is 6.92 Å². The van der Waals surface area contributed by atoms with Crippen LogP contribution < -0.4 is 4.72 Å². The van der Waals surface area contributed by atoms with Crippen LogP contribution in [0.3, 0.4) is 0 Å². The van der Waals surface area contributed by atoms with E-state index < -0.39 is 10.0 Å². The van der Waals surface area contributed by atoms with Gasteiger partial charge in [-0.15, -0.1) is 0 Å². The number of rotatable bonds is 5. The van der Waals surface area contributed by atoms with Gasteiger partial charge in [0.15, 0.2) is 0 Å². The molecular formula is C14H19NO4S. The number of ether oxygens (including phenoxy) is 1. The van der Waals surface area contributed by atoms with Crippen molar-refractivity contribution >= 4 is 16.5 Å². The summed E-state index contributed by atoms with van der Waals surface area (Å²) in [6.45, 7) is 2.29. The lowest BCUT2D eigenvalue weighted by atomic mass is 9.93. The van der Waals surface area contributed by atoms with Crippen molar-refractivity contribution in [3.8, 4) is 0 Å². The number of carbonyl (C=O) groups is 1. The molecule has 1 N–H and O–H groups in total. The second-order valence-corrected chi connectivity index (χ2v) is 6.81. The van der Waals surface area contributed by atoms with Gasteiger partial charge < -0.3 is 4.74 Å². The molecule has 1 aromatic rings. The van der Waals surface area contributed by atoms with Gasteiger partial charge in [0.1, 0.15) is 6.10 Å². The highest BCUT2D eigenvalue weighted by molar-refractivity contribution is 7.89. The van der Waals surface area contributed by atoms with Gasteiger partial charge in [-0.25, -0.2) is 13.1 Å². The molecule has 0 bridgehead atoms. The first-order chi connectivity index (χ1) is 9.53. The zero-order valence-electron chi connectivity index (χ0n) is 11.4. The predicted molar refractivity (Wildman–Crippen MR) is 74.7 cm³/mol. The summed E-state index contributed by atoms with van der Waals surface area (Å²) in [7, 11) is -3.57. The summed E-state index contributed by atoms with van der Waals surface area (Å²) in [5.41, 5.74) is 1.00. The Balaban J connectivity index is 2.13. The molecule has 1 saturated carbocycles. The van der Waals surface area contributed by atoms with Crippen LogP contribution in [0.1, 0.15) is 31.2 Å². The van der Waals surface area contributed by atoms with Crippen LogP contribution in [-0.4, -0.2) is 27.0 Å². The third-order valence-electron chi connectivity index (χ3n) is 3.57. The highest BCUT2D eigenvalue weighted by Gasteiger charge is 2.30. The first kappa shape index (κ1) is 15.0. The van der Waals surface area contributed by atoms with Gasteiger partial charge in [-0.3, -0.25) is 4.79 Å². The Kier molecular flexibility index (Phi) is 4.77. The molecule has 0 aromatic heterocycles. The van der Waals surface area contributed by atoms with E-state index in [1.54, 1.807) is 24.3 Å². The first-order valence-corrected chi connectivity index (χ1v) is 8.19. The molecule has 2 atom stereocenters. The Morgan fingerprint density at radius 1 is 1.20 bits per heavy atom. The Bertz CT molecular complexity index is 553. The summed E-state index contributed by atoms with van der Waals surface area (Å²) < 4.78 is 32.3. The third-order valence-corrected chi connectivity index (χ3v) is 5.08. The second-order valence-electron chi connectivity index (χ2n) is 5.10. The SMILES string of the molecule is Cc1ccc(S(=O)(=O)N[C@@H]2CCCC[C@H]2OC=O)cc1. The second kappa shape index (κ2) is 6.37. The first-order valence-electron chi connectivity index (χ1n) is 6.71. The summed E-state index contributed by atoms with van der Waals surface area (Å²) in [6.07, 6.45) is 2.88. The molecule has 0 spiro atoms. The zero-order chi connectivity index (χ0) is 14.6. The molecule has 0 radical (unpaired) electrons.